The molecule has 2 aliphatic heterocycles. The van der Waals surface area contributed by atoms with E-state index in [-0.39, 0.29) is 5.92 Å². The molecule has 0 aliphatic carbocycles. The van der Waals surface area contributed by atoms with Crippen LogP contribution in [-0.2, 0) is 11.2 Å². The summed E-state index contributed by atoms with van der Waals surface area (Å²) in [5.74, 6) is 1.17. The SMILES string of the molecule is CCc1ccc(C2CSc3ccc(C4OC(CO)C(F)C(O)C4O)cc32)cc1. The maximum Gasteiger partial charge on any atom is 0.157 e. The summed E-state index contributed by atoms with van der Waals surface area (Å²) in [6, 6.07) is 14.5. The Kier molecular flexibility index (Phi) is 5.76. The largest absolute Gasteiger partial charge is 0.394 e. The Morgan fingerprint density at radius 1 is 1.07 bits per heavy atom. The first-order valence-electron chi connectivity index (χ1n) is 9.65. The Bertz CT molecular complexity index is 826. The van der Waals surface area contributed by atoms with E-state index in [1.165, 1.54) is 16.0 Å². The quantitative estimate of drug-likeness (QED) is 0.731. The van der Waals surface area contributed by atoms with Gasteiger partial charge in [0.1, 0.15) is 24.4 Å². The summed E-state index contributed by atoms with van der Waals surface area (Å²) in [6.07, 6.45) is -5.81. The molecular formula is C22H25FO4S. The maximum atomic E-state index is 14.0. The van der Waals surface area contributed by atoms with Crippen LogP contribution >= 0.6 is 11.8 Å². The molecule has 1 fully saturated rings. The number of thioether (sulfide) groups is 1. The molecule has 28 heavy (non-hydrogen) atoms. The number of halogens is 1. The number of fused-ring (bicyclic) bond motifs is 1. The molecule has 0 bridgehead atoms. The Labute approximate surface area is 168 Å². The Morgan fingerprint density at radius 2 is 1.79 bits per heavy atom. The van der Waals surface area contributed by atoms with E-state index in [0.717, 1.165) is 17.7 Å². The molecule has 2 aromatic carbocycles. The van der Waals surface area contributed by atoms with Gasteiger partial charge in [-0.3, -0.25) is 0 Å². The standard InChI is InChI=1S/C22H25FO4S/c1-2-12-3-5-13(6-4-12)16-11-28-18-8-7-14(9-15(16)18)22-21(26)20(25)19(23)17(10-24)27-22/h3-9,16-17,19-22,24-26H,2,10-11H2,1H3. The molecule has 2 heterocycles. The molecule has 2 aromatic rings. The van der Waals surface area contributed by atoms with Gasteiger partial charge >= 0.3 is 0 Å². The first-order chi connectivity index (χ1) is 13.5. The second kappa shape index (κ2) is 8.13. The van der Waals surface area contributed by atoms with Crippen LogP contribution in [0.3, 0.4) is 0 Å². The molecule has 150 valence electrons. The van der Waals surface area contributed by atoms with Crippen molar-refractivity contribution >= 4 is 11.8 Å². The minimum atomic E-state index is -1.81. The molecule has 2 aliphatic rings. The Balaban J connectivity index is 1.64. The average Bonchev–Trinajstić information content (AvgIpc) is 3.15. The van der Waals surface area contributed by atoms with Crippen LogP contribution < -0.4 is 0 Å². The highest BCUT2D eigenvalue weighted by Gasteiger charge is 2.45. The van der Waals surface area contributed by atoms with Gasteiger partial charge in [0.15, 0.2) is 6.17 Å². The Morgan fingerprint density at radius 3 is 2.46 bits per heavy atom. The van der Waals surface area contributed by atoms with Crippen molar-refractivity contribution in [2.75, 3.05) is 12.4 Å². The molecule has 6 heteroatoms. The number of ether oxygens (including phenoxy) is 1. The molecule has 0 aromatic heterocycles. The lowest BCUT2D eigenvalue weighted by atomic mass is 9.87. The van der Waals surface area contributed by atoms with E-state index >= 15 is 0 Å². The first-order valence-corrected chi connectivity index (χ1v) is 10.6. The zero-order valence-electron chi connectivity index (χ0n) is 15.7. The number of aliphatic hydroxyl groups excluding tert-OH is 3. The lowest BCUT2D eigenvalue weighted by Gasteiger charge is -2.39. The predicted octanol–water partition coefficient (Wildman–Crippen LogP) is 2.98. The summed E-state index contributed by atoms with van der Waals surface area (Å²) in [7, 11) is 0. The molecule has 1 saturated heterocycles. The van der Waals surface area contributed by atoms with Gasteiger partial charge in [-0.1, -0.05) is 43.3 Å². The van der Waals surface area contributed by atoms with E-state index in [1.807, 2.05) is 18.2 Å². The minimum absolute atomic E-state index is 0.235. The van der Waals surface area contributed by atoms with Crippen LogP contribution in [0.4, 0.5) is 4.39 Å². The lowest BCUT2D eigenvalue weighted by Crippen LogP contribution is -2.53. The zero-order valence-corrected chi connectivity index (χ0v) is 16.5. The zero-order chi connectivity index (χ0) is 19.8. The van der Waals surface area contributed by atoms with Crippen molar-refractivity contribution in [1.29, 1.82) is 0 Å². The lowest BCUT2D eigenvalue weighted by molar-refractivity contribution is -0.214. The molecule has 6 unspecified atom stereocenters. The van der Waals surface area contributed by atoms with Gasteiger partial charge in [0.25, 0.3) is 0 Å². The average molecular weight is 405 g/mol. The third kappa shape index (κ3) is 3.48. The maximum absolute atomic E-state index is 14.0. The van der Waals surface area contributed by atoms with Crippen LogP contribution in [0, 0.1) is 0 Å². The molecule has 0 saturated carbocycles. The van der Waals surface area contributed by atoms with Gasteiger partial charge in [-0.2, -0.15) is 0 Å². The van der Waals surface area contributed by atoms with Crippen molar-refractivity contribution in [3.63, 3.8) is 0 Å². The van der Waals surface area contributed by atoms with Gasteiger partial charge in [-0.25, -0.2) is 4.39 Å². The van der Waals surface area contributed by atoms with Crippen molar-refractivity contribution in [3.05, 3.63) is 64.7 Å². The van der Waals surface area contributed by atoms with Crippen LogP contribution in [-0.4, -0.2) is 52.2 Å². The molecular weight excluding hydrogens is 379 g/mol. The van der Waals surface area contributed by atoms with Crippen LogP contribution in [0.2, 0.25) is 0 Å². The van der Waals surface area contributed by atoms with Gasteiger partial charge in [0, 0.05) is 16.6 Å². The third-order valence-corrected chi connectivity index (χ3v) is 6.96. The summed E-state index contributed by atoms with van der Waals surface area (Å²) in [5.41, 5.74) is 4.38. The summed E-state index contributed by atoms with van der Waals surface area (Å²) < 4.78 is 19.7. The highest BCUT2D eigenvalue weighted by Crippen LogP contribution is 2.45. The second-order valence-corrected chi connectivity index (χ2v) is 8.52. The molecule has 0 amide bonds. The molecule has 3 N–H and O–H groups in total. The van der Waals surface area contributed by atoms with Gasteiger partial charge in [-0.05, 0) is 34.7 Å². The fourth-order valence-electron chi connectivity index (χ4n) is 4.02. The number of aliphatic hydroxyl groups is 3. The summed E-state index contributed by atoms with van der Waals surface area (Å²) >= 11 is 1.79. The van der Waals surface area contributed by atoms with Crippen LogP contribution in [0.25, 0.3) is 0 Å². The number of hydrogen-bond donors (Lipinski definition) is 3. The number of aryl methyl sites for hydroxylation is 1. The number of alkyl halides is 1. The summed E-state index contributed by atoms with van der Waals surface area (Å²) in [5, 5.41) is 29.8. The smallest absolute Gasteiger partial charge is 0.157 e. The van der Waals surface area contributed by atoms with E-state index in [4.69, 9.17) is 4.74 Å². The van der Waals surface area contributed by atoms with E-state index in [2.05, 4.69) is 31.2 Å². The fourth-order valence-corrected chi connectivity index (χ4v) is 5.27. The van der Waals surface area contributed by atoms with Crippen LogP contribution in [0.15, 0.2) is 47.4 Å². The second-order valence-electron chi connectivity index (χ2n) is 7.46. The summed E-state index contributed by atoms with van der Waals surface area (Å²) in [6.45, 7) is 1.59. The van der Waals surface area contributed by atoms with Crippen molar-refractivity contribution in [1.82, 2.24) is 0 Å². The highest BCUT2D eigenvalue weighted by molar-refractivity contribution is 7.99. The van der Waals surface area contributed by atoms with E-state index in [1.54, 1.807) is 11.8 Å². The minimum Gasteiger partial charge on any atom is -0.394 e. The van der Waals surface area contributed by atoms with Crippen molar-refractivity contribution in [2.45, 2.75) is 54.7 Å². The van der Waals surface area contributed by atoms with E-state index < -0.39 is 37.2 Å². The third-order valence-electron chi connectivity index (χ3n) is 5.78. The van der Waals surface area contributed by atoms with Crippen molar-refractivity contribution in [3.8, 4) is 0 Å². The molecule has 0 spiro atoms. The van der Waals surface area contributed by atoms with Gasteiger partial charge in [0.05, 0.1) is 6.61 Å². The Hall–Kier alpha value is -1.44. The summed E-state index contributed by atoms with van der Waals surface area (Å²) in [4.78, 5) is 1.18. The predicted molar refractivity (Wildman–Crippen MR) is 106 cm³/mol. The normalized spacial score (nSPS) is 32.3. The highest BCUT2D eigenvalue weighted by atomic mass is 32.2. The molecule has 6 atom stereocenters. The first kappa shape index (κ1) is 19.9. The molecule has 4 nitrogen and oxygen atoms in total. The van der Waals surface area contributed by atoms with E-state index in [9.17, 15) is 19.7 Å². The van der Waals surface area contributed by atoms with Gasteiger partial charge < -0.3 is 20.1 Å². The topological polar surface area (TPSA) is 69.9 Å². The van der Waals surface area contributed by atoms with Crippen molar-refractivity contribution in [2.24, 2.45) is 0 Å². The van der Waals surface area contributed by atoms with Crippen molar-refractivity contribution < 1.29 is 24.4 Å². The fraction of sp³-hybridized carbons (Fsp3) is 0.455. The van der Waals surface area contributed by atoms with Gasteiger partial charge in [0.2, 0.25) is 0 Å². The monoisotopic (exact) mass is 404 g/mol. The molecule has 0 radical (unpaired) electrons. The number of hydrogen-bond acceptors (Lipinski definition) is 5. The molecule has 4 rings (SSSR count). The van der Waals surface area contributed by atoms with Crippen LogP contribution in [0.1, 0.15) is 41.2 Å². The van der Waals surface area contributed by atoms with Crippen LogP contribution in [0.5, 0.6) is 0 Å². The van der Waals surface area contributed by atoms with Gasteiger partial charge in [-0.15, -0.1) is 11.8 Å². The van der Waals surface area contributed by atoms with E-state index in [0.29, 0.717) is 5.56 Å². The number of benzene rings is 2. The number of rotatable bonds is 4.